The third-order valence-electron chi connectivity index (χ3n) is 6.04. The van der Waals surface area contributed by atoms with Gasteiger partial charge in [0.1, 0.15) is 17.3 Å². The summed E-state index contributed by atoms with van der Waals surface area (Å²) in [5, 5.41) is 0. The molecule has 0 amide bonds. The van der Waals surface area contributed by atoms with E-state index in [0.717, 1.165) is 41.1 Å². The van der Waals surface area contributed by atoms with Gasteiger partial charge in [-0.3, -0.25) is 9.78 Å². The molecule has 3 aromatic rings. The van der Waals surface area contributed by atoms with E-state index >= 15 is 0 Å². The standard InChI is InChI=1S/C25H23NO5/c1-28-18-7-8-19(22(14-18)29-2)20-5-3-4-17(26-20)13-24(27)25(10-11-25)16-6-9-21-23(12-16)31-15-30-21/h3-9,12,14H,10-11,13,15H2,1-2H3. The molecule has 5 rings (SSSR count). The lowest BCUT2D eigenvalue weighted by Crippen LogP contribution is -2.23. The Morgan fingerprint density at radius 2 is 1.84 bits per heavy atom. The Morgan fingerprint density at radius 3 is 2.61 bits per heavy atom. The van der Waals surface area contributed by atoms with Crippen molar-refractivity contribution >= 4 is 5.78 Å². The van der Waals surface area contributed by atoms with Gasteiger partial charge in [-0.05, 0) is 54.8 Å². The molecule has 6 heteroatoms. The molecule has 1 aromatic heterocycles. The van der Waals surface area contributed by atoms with Crippen molar-refractivity contribution in [2.45, 2.75) is 24.7 Å². The van der Waals surface area contributed by atoms with Crippen LogP contribution in [0.4, 0.5) is 0 Å². The summed E-state index contributed by atoms with van der Waals surface area (Å²) in [6.07, 6.45) is 1.97. The highest BCUT2D eigenvalue weighted by Crippen LogP contribution is 2.51. The summed E-state index contributed by atoms with van der Waals surface area (Å²) in [5.41, 5.74) is 2.91. The number of fused-ring (bicyclic) bond motifs is 1. The van der Waals surface area contributed by atoms with Gasteiger partial charge in [0.15, 0.2) is 11.5 Å². The molecule has 2 aliphatic rings. The predicted molar refractivity (Wildman–Crippen MR) is 115 cm³/mol. The number of nitrogens with zero attached hydrogens (tertiary/aromatic N) is 1. The van der Waals surface area contributed by atoms with Gasteiger partial charge in [-0.25, -0.2) is 0 Å². The van der Waals surface area contributed by atoms with E-state index in [4.69, 9.17) is 23.9 Å². The minimum atomic E-state index is -0.448. The second kappa shape index (κ2) is 7.61. The number of ether oxygens (including phenoxy) is 4. The number of carbonyl (C=O) groups excluding carboxylic acids is 1. The number of benzene rings is 2. The Kier molecular flexibility index (Phi) is 4.77. The smallest absolute Gasteiger partial charge is 0.231 e. The van der Waals surface area contributed by atoms with Crippen molar-refractivity contribution in [3.05, 3.63) is 65.9 Å². The van der Waals surface area contributed by atoms with Crippen LogP contribution in [0.1, 0.15) is 24.1 Å². The van der Waals surface area contributed by atoms with E-state index in [0.29, 0.717) is 17.2 Å². The Labute approximate surface area is 180 Å². The van der Waals surface area contributed by atoms with Crippen molar-refractivity contribution in [1.29, 1.82) is 0 Å². The number of carbonyl (C=O) groups is 1. The first-order valence-corrected chi connectivity index (χ1v) is 10.2. The summed E-state index contributed by atoms with van der Waals surface area (Å²) >= 11 is 0. The first-order chi connectivity index (χ1) is 15.1. The fraction of sp³-hybridized carbons (Fsp3) is 0.280. The summed E-state index contributed by atoms with van der Waals surface area (Å²) in [6, 6.07) is 17.2. The van der Waals surface area contributed by atoms with Gasteiger partial charge in [-0.1, -0.05) is 12.1 Å². The number of methoxy groups -OCH3 is 2. The van der Waals surface area contributed by atoms with Crippen LogP contribution in [0.3, 0.4) is 0 Å². The van der Waals surface area contributed by atoms with E-state index in [1.165, 1.54) is 0 Å². The number of pyridine rings is 1. The molecule has 0 radical (unpaired) electrons. The van der Waals surface area contributed by atoms with Crippen LogP contribution < -0.4 is 18.9 Å². The first-order valence-electron chi connectivity index (χ1n) is 10.2. The molecule has 158 valence electrons. The molecule has 2 aromatic carbocycles. The lowest BCUT2D eigenvalue weighted by molar-refractivity contribution is -0.120. The Morgan fingerprint density at radius 1 is 1.00 bits per heavy atom. The quantitative estimate of drug-likeness (QED) is 0.570. The SMILES string of the molecule is COc1ccc(-c2cccc(CC(=O)C3(c4ccc5c(c4)OCO5)CC3)n2)c(OC)c1. The van der Waals surface area contributed by atoms with Crippen molar-refractivity contribution in [3.8, 4) is 34.3 Å². The van der Waals surface area contributed by atoms with E-state index in [9.17, 15) is 4.79 Å². The van der Waals surface area contributed by atoms with E-state index in [2.05, 4.69) is 0 Å². The van der Waals surface area contributed by atoms with Crippen LogP contribution in [0.5, 0.6) is 23.0 Å². The molecular formula is C25H23NO5. The minimum absolute atomic E-state index is 0.178. The summed E-state index contributed by atoms with van der Waals surface area (Å²) in [5.74, 6) is 3.01. The monoisotopic (exact) mass is 417 g/mol. The number of rotatable bonds is 7. The summed E-state index contributed by atoms with van der Waals surface area (Å²) in [7, 11) is 3.24. The zero-order valence-corrected chi connectivity index (χ0v) is 17.5. The van der Waals surface area contributed by atoms with Gasteiger partial charge >= 0.3 is 0 Å². The molecule has 0 atom stereocenters. The highest BCUT2D eigenvalue weighted by molar-refractivity contribution is 5.94. The molecule has 1 aliphatic carbocycles. The number of Topliss-reactive ketones (excluding diaryl/α,β-unsaturated/α-hetero) is 1. The maximum atomic E-state index is 13.3. The number of aromatic nitrogens is 1. The van der Waals surface area contributed by atoms with Crippen molar-refractivity contribution in [3.63, 3.8) is 0 Å². The molecule has 1 saturated carbocycles. The number of hydrogen-bond donors (Lipinski definition) is 0. The molecular weight excluding hydrogens is 394 g/mol. The van der Waals surface area contributed by atoms with Crippen molar-refractivity contribution in [1.82, 2.24) is 4.98 Å². The van der Waals surface area contributed by atoms with Gasteiger partial charge < -0.3 is 18.9 Å². The number of hydrogen-bond acceptors (Lipinski definition) is 6. The van der Waals surface area contributed by atoms with Gasteiger partial charge in [0, 0.05) is 23.7 Å². The molecule has 31 heavy (non-hydrogen) atoms. The minimum Gasteiger partial charge on any atom is -0.497 e. The Bertz CT molecular complexity index is 1150. The van der Waals surface area contributed by atoms with Gasteiger partial charge in [-0.15, -0.1) is 0 Å². The van der Waals surface area contributed by atoms with Crippen LogP contribution in [0.25, 0.3) is 11.3 Å². The zero-order chi connectivity index (χ0) is 21.4. The van der Waals surface area contributed by atoms with Gasteiger partial charge in [0.05, 0.1) is 25.3 Å². The topological polar surface area (TPSA) is 66.9 Å². The summed E-state index contributed by atoms with van der Waals surface area (Å²) < 4.78 is 21.7. The molecule has 6 nitrogen and oxygen atoms in total. The largest absolute Gasteiger partial charge is 0.497 e. The molecule has 1 fully saturated rings. The lowest BCUT2D eigenvalue weighted by atomic mass is 9.88. The van der Waals surface area contributed by atoms with Crippen LogP contribution in [0.15, 0.2) is 54.6 Å². The maximum absolute atomic E-state index is 13.3. The second-order valence-electron chi connectivity index (χ2n) is 7.83. The molecule has 0 N–H and O–H groups in total. The molecule has 0 bridgehead atoms. The van der Waals surface area contributed by atoms with Crippen LogP contribution in [-0.4, -0.2) is 31.8 Å². The lowest BCUT2D eigenvalue weighted by Gasteiger charge is -2.15. The molecule has 0 saturated heterocycles. The number of ketones is 1. The fourth-order valence-corrected chi connectivity index (χ4v) is 4.12. The zero-order valence-electron chi connectivity index (χ0n) is 17.5. The van der Waals surface area contributed by atoms with Crippen LogP contribution >= 0.6 is 0 Å². The normalized spacial score (nSPS) is 15.4. The molecule has 0 unspecified atom stereocenters. The van der Waals surface area contributed by atoms with E-state index in [-0.39, 0.29) is 19.0 Å². The molecule has 2 heterocycles. The molecule has 1 aliphatic heterocycles. The Balaban J connectivity index is 1.39. The first kappa shape index (κ1) is 19.4. The van der Waals surface area contributed by atoms with Crippen LogP contribution in [0.2, 0.25) is 0 Å². The fourth-order valence-electron chi connectivity index (χ4n) is 4.12. The highest BCUT2D eigenvalue weighted by Gasteiger charge is 2.51. The summed E-state index contributed by atoms with van der Waals surface area (Å²) in [6.45, 7) is 0.227. The third-order valence-corrected chi connectivity index (χ3v) is 6.04. The predicted octanol–water partition coefficient (Wildman–Crippen LogP) is 4.34. The van der Waals surface area contributed by atoms with E-state index in [1.807, 2.05) is 54.6 Å². The van der Waals surface area contributed by atoms with E-state index in [1.54, 1.807) is 14.2 Å². The van der Waals surface area contributed by atoms with Crippen molar-refractivity contribution < 1.29 is 23.7 Å². The van der Waals surface area contributed by atoms with Crippen LogP contribution in [0, 0.1) is 0 Å². The van der Waals surface area contributed by atoms with Gasteiger partial charge in [-0.2, -0.15) is 0 Å². The van der Waals surface area contributed by atoms with Crippen molar-refractivity contribution in [2.24, 2.45) is 0 Å². The molecule has 0 spiro atoms. The average molecular weight is 417 g/mol. The van der Waals surface area contributed by atoms with E-state index < -0.39 is 5.41 Å². The highest BCUT2D eigenvalue weighted by atomic mass is 16.7. The summed E-state index contributed by atoms with van der Waals surface area (Å²) in [4.78, 5) is 18.1. The van der Waals surface area contributed by atoms with Gasteiger partial charge in [0.25, 0.3) is 0 Å². The second-order valence-corrected chi connectivity index (χ2v) is 7.83. The average Bonchev–Trinajstić information content (AvgIpc) is 3.49. The maximum Gasteiger partial charge on any atom is 0.231 e. The third kappa shape index (κ3) is 3.48. The Hall–Kier alpha value is -3.54. The van der Waals surface area contributed by atoms with Crippen molar-refractivity contribution in [2.75, 3.05) is 21.0 Å². The van der Waals surface area contributed by atoms with Crippen LogP contribution in [-0.2, 0) is 16.6 Å². The van der Waals surface area contributed by atoms with Gasteiger partial charge in [0.2, 0.25) is 6.79 Å².